The maximum absolute atomic E-state index is 11.6. The first-order chi connectivity index (χ1) is 12.4. The molecule has 0 amide bonds. The molecule has 1 heterocycles. The third-order valence-electron chi connectivity index (χ3n) is 5.26. The minimum Gasteiger partial charge on any atom is -0.357 e. The molecule has 2 rings (SSSR count). The molecule has 0 aromatic carbocycles. The molecular weight excluding hydrogens is 495 g/mol. The number of nitrogens with zero attached hydrogens (tertiary/aromatic N) is 2. The van der Waals surface area contributed by atoms with Gasteiger partial charge < -0.3 is 10.6 Å². The van der Waals surface area contributed by atoms with Crippen molar-refractivity contribution >= 4 is 51.7 Å². The minimum absolute atomic E-state index is 0. The first-order valence-electron chi connectivity index (χ1n) is 10.0. The Morgan fingerprint density at radius 2 is 1.89 bits per heavy atom. The van der Waals surface area contributed by atoms with Gasteiger partial charge >= 0.3 is 0 Å². The lowest BCUT2D eigenvalue weighted by Gasteiger charge is -2.31. The molecule has 6 nitrogen and oxygen atoms in total. The number of nitrogens with one attached hydrogen (secondary N) is 2. The third-order valence-corrected chi connectivity index (χ3v) is 7.80. The lowest BCUT2D eigenvalue weighted by atomic mass is 9.95. The Morgan fingerprint density at radius 3 is 2.48 bits per heavy atom. The van der Waals surface area contributed by atoms with Gasteiger partial charge in [-0.25, -0.2) is 12.7 Å². The van der Waals surface area contributed by atoms with Gasteiger partial charge in [-0.3, -0.25) is 4.99 Å². The van der Waals surface area contributed by atoms with E-state index in [2.05, 4.69) is 36.2 Å². The molecule has 27 heavy (non-hydrogen) atoms. The Kier molecular flexibility index (Phi) is 11.9. The summed E-state index contributed by atoms with van der Waals surface area (Å²) in [6.07, 6.45) is 8.16. The van der Waals surface area contributed by atoms with Gasteiger partial charge in [-0.1, -0.05) is 13.3 Å². The number of piperidine rings is 1. The van der Waals surface area contributed by atoms with Crippen LogP contribution in [0.15, 0.2) is 4.99 Å². The Labute approximate surface area is 187 Å². The Morgan fingerprint density at radius 1 is 1.19 bits per heavy atom. The fourth-order valence-electron chi connectivity index (χ4n) is 3.82. The van der Waals surface area contributed by atoms with E-state index in [0.29, 0.717) is 25.0 Å². The summed E-state index contributed by atoms with van der Waals surface area (Å²) in [7, 11) is -3.05. The van der Waals surface area contributed by atoms with Crippen LogP contribution < -0.4 is 10.6 Å². The summed E-state index contributed by atoms with van der Waals surface area (Å²) in [6, 6.07) is 0.512. The molecule has 0 aromatic heterocycles. The van der Waals surface area contributed by atoms with Crippen molar-refractivity contribution in [3.8, 4) is 0 Å². The van der Waals surface area contributed by atoms with E-state index in [1.807, 2.05) is 0 Å². The average Bonchev–Trinajstić information content (AvgIpc) is 2.60. The number of hydrogen-bond donors (Lipinski definition) is 2. The van der Waals surface area contributed by atoms with Crippen LogP contribution in [0.25, 0.3) is 0 Å². The van der Waals surface area contributed by atoms with Gasteiger partial charge in [0, 0.05) is 37.5 Å². The molecular formula is C18H37IN4O2S2. The maximum Gasteiger partial charge on any atom is 0.211 e. The molecule has 2 aliphatic rings. The maximum atomic E-state index is 11.6. The number of thioether (sulfide) groups is 1. The first kappa shape index (κ1) is 25.3. The molecule has 1 saturated heterocycles. The van der Waals surface area contributed by atoms with Crippen molar-refractivity contribution in [2.75, 3.05) is 38.2 Å². The number of guanidine groups is 1. The quantitative estimate of drug-likeness (QED) is 0.300. The number of hydrogen-bond acceptors (Lipinski definition) is 4. The van der Waals surface area contributed by atoms with Gasteiger partial charge in [-0.15, -0.1) is 24.0 Å². The Hall–Kier alpha value is 0.260. The summed E-state index contributed by atoms with van der Waals surface area (Å²) >= 11 is 2.08. The fraction of sp³-hybridized carbons (Fsp3) is 0.944. The van der Waals surface area contributed by atoms with Crippen LogP contribution >= 0.6 is 35.7 Å². The first-order valence-corrected chi connectivity index (χ1v) is 12.9. The van der Waals surface area contributed by atoms with Crippen molar-refractivity contribution in [2.45, 2.75) is 63.7 Å². The molecule has 2 fully saturated rings. The van der Waals surface area contributed by atoms with E-state index < -0.39 is 10.0 Å². The number of aliphatic imine (C=N–C) groups is 1. The molecule has 1 saturated carbocycles. The highest BCUT2D eigenvalue weighted by atomic mass is 127. The molecule has 0 bridgehead atoms. The van der Waals surface area contributed by atoms with Crippen LogP contribution in [0.3, 0.4) is 0 Å². The predicted molar refractivity (Wildman–Crippen MR) is 128 cm³/mol. The van der Waals surface area contributed by atoms with Crippen molar-refractivity contribution in [1.29, 1.82) is 0 Å². The molecule has 0 aromatic rings. The number of sulfonamides is 1. The standard InChI is InChI=1S/C18H36N4O2S2.HI/c1-4-19-18(21-16-7-6-8-17(13-16)25-5-2)20-14-15-9-11-22(12-10-15)26(3,23)24;/h15-17H,4-14H2,1-3H3,(H2,19,20,21);1H. The highest BCUT2D eigenvalue weighted by Crippen LogP contribution is 2.28. The van der Waals surface area contributed by atoms with Crippen molar-refractivity contribution < 1.29 is 8.42 Å². The zero-order valence-electron chi connectivity index (χ0n) is 16.9. The van der Waals surface area contributed by atoms with Crippen LogP contribution in [0, 0.1) is 5.92 Å². The SMILES string of the molecule is CCNC(=NCC1CCN(S(C)(=O)=O)CC1)NC1CCCC(SCC)C1.I. The summed E-state index contributed by atoms with van der Waals surface area (Å²) in [5, 5.41) is 7.78. The summed E-state index contributed by atoms with van der Waals surface area (Å²) in [4.78, 5) is 4.81. The van der Waals surface area contributed by atoms with Crippen molar-refractivity contribution in [3.05, 3.63) is 0 Å². The summed E-state index contributed by atoms with van der Waals surface area (Å²) in [6.45, 7) is 7.22. The van der Waals surface area contributed by atoms with Crippen molar-refractivity contribution in [2.24, 2.45) is 10.9 Å². The lowest BCUT2D eigenvalue weighted by Crippen LogP contribution is -2.46. The van der Waals surface area contributed by atoms with Crippen LogP contribution in [0.2, 0.25) is 0 Å². The van der Waals surface area contributed by atoms with Crippen molar-refractivity contribution in [1.82, 2.24) is 14.9 Å². The van der Waals surface area contributed by atoms with E-state index in [9.17, 15) is 8.42 Å². The summed E-state index contributed by atoms with van der Waals surface area (Å²) in [5.74, 6) is 2.58. The summed E-state index contributed by atoms with van der Waals surface area (Å²) in [5.41, 5.74) is 0. The normalized spacial score (nSPS) is 25.7. The van der Waals surface area contributed by atoms with E-state index in [-0.39, 0.29) is 24.0 Å². The van der Waals surface area contributed by atoms with E-state index in [1.165, 1.54) is 37.7 Å². The van der Waals surface area contributed by atoms with Crippen LogP contribution in [-0.4, -0.2) is 68.2 Å². The molecule has 1 aliphatic heterocycles. The van der Waals surface area contributed by atoms with E-state index >= 15 is 0 Å². The van der Waals surface area contributed by atoms with Gasteiger partial charge in [0.25, 0.3) is 0 Å². The van der Waals surface area contributed by atoms with E-state index in [4.69, 9.17) is 4.99 Å². The Balaban J connectivity index is 0.00000364. The second-order valence-electron chi connectivity index (χ2n) is 7.41. The fourth-order valence-corrected chi connectivity index (χ4v) is 5.87. The second kappa shape index (κ2) is 12.7. The van der Waals surface area contributed by atoms with Gasteiger partial charge in [0.05, 0.1) is 6.26 Å². The van der Waals surface area contributed by atoms with Crippen LogP contribution in [0.5, 0.6) is 0 Å². The minimum atomic E-state index is -3.05. The molecule has 160 valence electrons. The zero-order chi connectivity index (χ0) is 19.0. The van der Waals surface area contributed by atoms with Crippen LogP contribution in [-0.2, 0) is 10.0 Å². The smallest absolute Gasteiger partial charge is 0.211 e. The third kappa shape index (κ3) is 9.08. The van der Waals surface area contributed by atoms with Gasteiger partial charge in [0.1, 0.15) is 0 Å². The monoisotopic (exact) mass is 532 g/mol. The molecule has 1 aliphatic carbocycles. The van der Waals surface area contributed by atoms with Crippen LogP contribution in [0.1, 0.15) is 52.4 Å². The molecule has 2 atom stereocenters. The Bertz CT molecular complexity index is 550. The molecule has 0 spiro atoms. The summed E-state index contributed by atoms with van der Waals surface area (Å²) < 4.78 is 24.8. The second-order valence-corrected chi connectivity index (χ2v) is 11.0. The molecule has 2 unspecified atom stereocenters. The largest absolute Gasteiger partial charge is 0.357 e. The van der Waals surface area contributed by atoms with E-state index in [1.54, 1.807) is 4.31 Å². The van der Waals surface area contributed by atoms with E-state index in [0.717, 1.165) is 37.1 Å². The zero-order valence-corrected chi connectivity index (χ0v) is 20.9. The highest BCUT2D eigenvalue weighted by Gasteiger charge is 2.25. The number of rotatable bonds is 7. The van der Waals surface area contributed by atoms with Crippen molar-refractivity contribution in [3.63, 3.8) is 0 Å². The molecule has 2 N–H and O–H groups in total. The average molecular weight is 533 g/mol. The molecule has 0 radical (unpaired) electrons. The van der Waals surface area contributed by atoms with Gasteiger partial charge in [0.2, 0.25) is 10.0 Å². The molecule has 9 heteroatoms. The predicted octanol–water partition coefficient (Wildman–Crippen LogP) is 2.90. The topological polar surface area (TPSA) is 73.8 Å². The van der Waals surface area contributed by atoms with Gasteiger partial charge in [0.15, 0.2) is 5.96 Å². The lowest BCUT2D eigenvalue weighted by molar-refractivity contribution is 0.280. The van der Waals surface area contributed by atoms with Gasteiger partial charge in [-0.2, -0.15) is 11.8 Å². The highest BCUT2D eigenvalue weighted by molar-refractivity contribution is 14.0. The van der Waals surface area contributed by atoms with Crippen LogP contribution in [0.4, 0.5) is 0 Å². The van der Waals surface area contributed by atoms with Gasteiger partial charge in [-0.05, 0) is 50.7 Å². The number of halogens is 1.